The van der Waals surface area contributed by atoms with E-state index < -0.39 is 6.36 Å². The summed E-state index contributed by atoms with van der Waals surface area (Å²) < 4.78 is 42.1. The molecule has 0 unspecified atom stereocenters. The summed E-state index contributed by atoms with van der Waals surface area (Å²) in [6.45, 7) is 1.35. The van der Waals surface area contributed by atoms with Gasteiger partial charge in [0.2, 0.25) is 0 Å². The molecule has 104 valence electrons. The van der Waals surface area contributed by atoms with Gasteiger partial charge in [-0.05, 0) is 26.2 Å². The maximum Gasteiger partial charge on any atom is 0.573 e. The van der Waals surface area contributed by atoms with E-state index in [2.05, 4.69) is 9.84 Å². The maximum atomic E-state index is 12.2. The minimum absolute atomic E-state index is 0.230. The predicted octanol–water partition coefficient (Wildman–Crippen LogP) is 2.50. The zero-order valence-electron chi connectivity index (χ0n) is 10.6. The smallest absolute Gasteiger partial charge is 0.406 e. The van der Waals surface area contributed by atoms with Crippen molar-refractivity contribution in [1.82, 2.24) is 14.7 Å². The van der Waals surface area contributed by atoms with Crippen molar-refractivity contribution in [3.05, 3.63) is 24.4 Å². The van der Waals surface area contributed by atoms with E-state index in [-0.39, 0.29) is 5.75 Å². The molecule has 0 spiro atoms. The van der Waals surface area contributed by atoms with Crippen molar-refractivity contribution in [3.63, 3.8) is 0 Å². The number of ether oxygens (including phenoxy) is 1. The molecule has 0 aliphatic heterocycles. The van der Waals surface area contributed by atoms with Gasteiger partial charge in [0.05, 0.1) is 18.3 Å². The van der Waals surface area contributed by atoms with Crippen molar-refractivity contribution in [1.29, 1.82) is 0 Å². The van der Waals surface area contributed by atoms with Crippen molar-refractivity contribution >= 4 is 10.9 Å². The molecule has 0 saturated carbocycles. The van der Waals surface area contributed by atoms with Crippen LogP contribution in [0.4, 0.5) is 13.2 Å². The number of nitrogens with zero attached hydrogens (tertiary/aromatic N) is 3. The summed E-state index contributed by atoms with van der Waals surface area (Å²) in [6, 6.07) is 4.20. The predicted molar refractivity (Wildman–Crippen MR) is 65.0 cm³/mol. The first-order chi connectivity index (χ1) is 8.85. The van der Waals surface area contributed by atoms with Gasteiger partial charge in [-0.15, -0.1) is 13.2 Å². The summed E-state index contributed by atoms with van der Waals surface area (Å²) in [4.78, 5) is 1.98. The molecule has 0 atom stereocenters. The van der Waals surface area contributed by atoms with Gasteiger partial charge in [0.15, 0.2) is 0 Å². The first-order valence-corrected chi connectivity index (χ1v) is 5.71. The number of halogens is 3. The van der Waals surface area contributed by atoms with E-state index in [1.165, 1.54) is 12.1 Å². The zero-order chi connectivity index (χ0) is 14.0. The fraction of sp³-hybridized carbons (Fsp3) is 0.417. The van der Waals surface area contributed by atoms with Gasteiger partial charge in [-0.3, -0.25) is 4.68 Å². The normalized spacial score (nSPS) is 12.3. The minimum atomic E-state index is -4.68. The molecule has 0 amide bonds. The van der Waals surface area contributed by atoms with E-state index in [9.17, 15) is 13.2 Å². The number of aromatic nitrogens is 2. The van der Waals surface area contributed by atoms with Crippen LogP contribution in [0, 0.1) is 0 Å². The largest absolute Gasteiger partial charge is 0.573 e. The molecule has 1 aromatic carbocycles. The highest BCUT2D eigenvalue weighted by atomic mass is 19.4. The van der Waals surface area contributed by atoms with E-state index in [1.807, 2.05) is 19.0 Å². The summed E-state index contributed by atoms with van der Waals surface area (Å²) in [7, 11) is 3.84. The van der Waals surface area contributed by atoms with Crippen LogP contribution in [-0.4, -0.2) is 41.7 Å². The Labute approximate surface area is 108 Å². The molecule has 2 rings (SSSR count). The molecular formula is C12H14F3N3O. The van der Waals surface area contributed by atoms with E-state index in [0.717, 1.165) is 11.9 Å². The van der Waals surface area contributed by atoms with Gasteiger partial charge in [0.1, 0.15) is 5.75 Å². The molecule has 0 N–H and O–H groups in total. The molecule has 1 aromatic heterocycles. The third-order valence-corrected chi connectivity index (χ3v) is 2.61. The SMILES string of the molecule is CN(C)CCn1ncc2ccc(OC(F)(F)F)cc21. The van der Waals surface area contributed by atoms with Crippen LogP contribution >= 0.6 is 0 Å². The number of rotatable bonds is 4. The Bertz CT molecular complexity index is 563. The standard InChI is InChI=1S/C12H14F3N3O/c1-17(2)5-6-18-11-7-10(19-12(13,14)15)4-3-9(11)8-16-18/h3-4,7-8H,5-6H2,1-2H3. The fourth-order valence-electron chi connectivity index (χ4n) is 1.72. The number of hydrogen-bond donors (Lipinski definition) is 0. The van der Waals surface area contributed by atoms with Crippen molar-refractivity contribution in [2.75, 3.05) is 20.6 Å². The lowest BCUT2D eigenvalue weighted by Crippen LogP contribution is -2.19. The molecule has 0 radical (unpaired) electrons. The van der Waals surface area contributed by atoms with Gasteiger partial charge in [-0.1, -0.05) is 0 Å². The third kappa shape index (κ3) is 3.60. The van der Waals surface area contributed by atoms with Crippen molar-refractivity contribution in [2.45, 2.75) is 12.9 Å². The Kier molecular flexibility index (Phi) is 3.66. The van der Waals surface area contributed by atoms with Gasteiger partial charge in [0, 0.05) is 18.0 Å². The molecule has 0 bridgehead atoms. The van der Waals surface area contributed by atoms with Crippen LogP contribution in [-0.2, 0) is 6.54 Å². The van der Waals surface area contributed by atoms with E-state index in [4.69, 9.17) is 0 Å². The molecular weight excluding hydrogens is 259 g/mol. The average molecular weight is 273 g/mol. The summed E-state index contributed by atoms with van der Waals surface area (Å²) >= 11 is 0. The van der Waals surface area contributed by atoms with Crippen LogP contribution in [0.3, 0.4) is 0 Å². The Morgan fingerprint density at radius 3 is 2.68 bits per heavy atom. The lowest BCUT2D eigenvalue weighted by molar-refractivity contribution is -0.274. The molecule has 0 fully saturated rings. The monoisotopic (exact) mass is 273 g/mol. The number of hydrogen-bond acceptors (Lipinski definition) is 3. The van der Waals surface area contributed by atoms with E-state index >= 15 is 0 Å². The van der Waals surface area contributed by atoms with Crippen LogP contribution in [0.1, 0.15) is 0 Å². The van der Waals surface area contributed by atoms with Gasteiger partial charge >= 0.3 is 6.36 Å². The Morgan fingerprint density at radius 1 is 1.32 bits per heavy atom. The first kappa shape index (κ1) is 13.7. The minimum Gasteiger partial charge on any atom is -0.406 e. The van der Waals surface area contributed by atoms with Crippen molar-refractivity contribution in [2.24, 2.45) is 0 Å². The maximum absolute atomic E-state index is 12.2. The van der Waals surface area contributed by atoms with Crippen molar-refractivity contribution < 1.29 is 17.9 Å². The fourth-order valence-corrected chi connectivity index (χ4v) is 1.72. The Hall–Kier alpha value is -1.76. The second-order valence-corrected chi connectivity index (χ2v) is 4.44. The lowest BCUT2D eigenvalue weighted by atomic mass is 10.2. The molecule has 0 aliphatic rings. The number of benzene rings is 1. The van der Waals surface area contributed by atoms with Gasteiger partial charge in [-0.25, -0.2) is 0 Å². The molecule has 7 heteroatoms. The zero-order valence-corrected chi connectivity index (χ0v) is 10.6. The van der Waals surface area contributed by atoms with Gasteiger partial charge in [0.25, 0.3) is 0 Å². The Morgan fingerprint density at radius 2 is 2.05 bits per heavy atom. The van der Waals surface area contributed by atoms with Gasteiger partial charge < -0.3 is 9.64 Å². The van der Waals surface area contributed by atoms with E-state index in [0.29, 0.717) is 12.1 Å². The first-order valence-electron chi connectivity index (χ1n) is 5.71. The molecule has 0 saturated heterocycles. The van der Waals surface area contributed by atoms with Crippen LogP contribution in [0.5, 0.6) is 5.75 Å². The summed E-state index contributed by atoms with van der Waals surface area (Å²) in [5, 5.41) is 4.94. The van der Waals surface area contributed by atoms with Crippen LogP contribution in [0.15, 0.2) is 24.4 Å². The quantitative estimate of drug-likeness (QED) is 0.857. The third-order valence-electron chi connectivity index (χ3n) is 2.61. The molecule has 2 aromatic rings. The molecule has 4 nitrogen and oxygen atoms in total. The molecule has 0 aliphatic carbocycles. The summed E-state index contributed by atoms with van der Waals surface area (Å²) in [6.07, 6.45) is -3.05. The van der Waals surface area contributed by atoms with E-state index in [1.54, 1.807) is 16.9 Å². The summed E-state index contributed by atoms with van der Waals surface area (Å²) in [5.41, 5.74) is 0.628. The van der Waals surface area contributed by atoms with Crippen LogP contribution < -0.4 is 4.74 Å². The van der Waals surface area contributed by atoms with Crippen molar-refractivity contribution in [3.8, 4) is 5.75 Å². The highest BCUT2D eigenvalue weighted by Crippen LogP contribution is 2.26. The topological polar surface area (TPSA) is 30.3 Å². The highest BCUT2D eigenvalue weighted by molar-refractivity contribution is 5.80. The van der Waals surface area contributed by atoms with Crippen LogP contribution in [0.25, 0.3) is 10.9 Å². The van der Waals surface area contributed by atoms with Gasteiger partial charge in [-0.2, -0.15) is 5.10 Å². The number of likely N-dealkylation sites (N-methyl/N-ethyl adjacent to an activating group) is 1. The van der Waals surface area contributed by atoms with Crippen LogP contribution in [0.2, 0.25) is 0 Å². The molecule has 1 heterocycles. The highest BCUT2D eigenvalue weighted by Gasteiger charge is 2.31. The second kappa shape index (κ2) is 5.08. The second-order valence-electron chi connectivity index (χ2n) is 4.44. The molecule has 19 heavy (non-hydrogen) atoms. The Balaban J connectivity index is 2.26. The average Bonchev–Trinajstić information content (AvgIpc) is 2.66. The number of alkyl halides is 3. The lowest BCUT2D eigenvalue weighted by Gasteiger charge is -2.11. The number of fused-ring (bicyclic) bond motifs is 1. The summed E-state index contributed by atoms with van der Waals surface area (Å²) in [5.74, 6) is -0.230.